The van der Waals surface area contributed by atoms with Crippen molar-refractivity contribution in [3.8, 4) is 0 Å². The Morgan fingerprint density at radius 2 is 1.96 bits per heavy atom. The summed E-state index contributed by atoms with van der Waals surface area (Å²) < 4.78 is 67.7. The number of halogens is 3. The van der Waals surface area contributed by atoms with Gasteiger partial charge in [0.15, 0.2) is 5.69 Å². The normalized spacial score (nSPS) is 14.0. The maximum Gasteiger partial charge on any atom is 0.435 e. The SMILES string of the molecule is Cc1c(S(=O)(=O)NC[C@@H](C)Cn2nc(C(F)(F)F)cc2C)cnn1C. The molecule has 0 amide bonds. The van der Waals surface area contributed by atoms with E-state index in [0.717, 1.165) is 6.07 Å². The van der Waals surface area contributed by atoms with E-state index in [4.69, 9.17) is 0 Å². The number of hydrogen-bond acceptors (Lipinski definition) is 4. The van der Waals surface area contributed by atoms with Gasteiger partial charge in [0, 0.05) is 25.8 Å². The molecule has 1 atom stereocenters. The molecule has 0 bridgehead atoms. The summed E-state index contributed by atoms with van der Waals surface area (Å²) in [5.41, 5.74) is -0.0909. The van der Waals surface area contributed by atoms with E-state index in [1.165, 1.54) is 22.5 Å². The molecular weight excluding hydrogens is 359 g/mol. The van der Waals surface area contributed by atoms with Crippen LogP contribution in [0.15, 0.2) is 17.2 Å². The minimum Gasteiger partial charge on any atom is -0.272 e. The highest BCUT2D eigenvalue weighted by atomic mass is 32.2. The Labute approximate surface area is 143 Å². The lowest BCUT2D eigenvalue weighted by molar-refractivity contribution is -0.141. The van der Waals surface area contributed by atoms with Gasteiger partial charge in [-0.2, -0.15) is 23.4 Å². The van der Waals surface area contributed by atoms with E-state index in [2.05, 4.69) is 14.9 Å². The fourth-order valence-electron chi connectivity index (χ4n) is 2.27. The first kappa shape index (κ1) is 19.4. The molecule has 0 saturated carbocycles. The van der Waals surface area contributed by atoms with Crippen LogP contribution < -0.4 is 4.72 Å². The molecule has 0 aliphatic carbocycles. The minimum absolute atomic E-state index is 0.0668. The molecule has 0 aromatic carbocycles. The zero-order valence-electron chi connectivity index (χ0n) is 14.3. The van der Waals surface area contributed by atoms with Gasteiger partial charge in [0.1, 0.15) is 4.90 Å². The molecule has 0 saturated heterocycles. The van der Waals surface area contributed by atoms with Crippen molar-refractivity contribution in [2.24, 2.45) is 13.0 Å². The van der Waals surface area contributed by atoms with Crippen molar-refractivity contribution in [3.63, 3.8) is 0 Å². The number of nitrogens with one attached hydrogen (secondary N) is 1. The van der Waals surface area contributed by atoms with E-state index < -0.39 is 21.9 Å². The third-order valence-corrected chi connectivity index (χ3v) is 5.38. The van der Waals surface area contributed by atoms with Crippen LogP contribution in [-0.2, 0) is 29.8 Å². The largest absolute Gasteiger partial charge is 0.435 e. The van der Waals surface area contributed by atoms with Crippen molar-refractivity contribution >= 4 is 10.0 Å². The molecule has 2 heterocycles. The van der Waals surface area contributed by atoms with Crippen LogP contribution in [0.3, 0.4) is 0 Å². The summed E-state index contributed by atoms with van der Waals surface area (Å²) in [5.74, 6) is -0.258. The highest BCUT2D eigenvalue weighted by Crippen LogP contribution is 2.28. The van der Waals surface area contributed by atoms with E-state index in [0.29, 0.717) is 11.4 Å². The highest BCUT2D eigenvalue weighted by Gasteiger charge is 2.34. The van der Waals surface area contributed by atoms with Crippen LogP contribution in [0.4, 0.5) is 13.2 Å². The van der Waals surface area contributed by atoms with Crippen molar-refractivity contribution in [3.05, 3.63) is 29.3 Å². The Morgan fingerprint density at radius 3 is 2.44 bits per heavy atom. The fraction of sp³-hybridized carbons (Fsp3) is 0.571. The lowest BCUT2D eigenvalue weighted by Gasteiger charge is -2.14. The number of aromatic nitrogens is 4. The van der Waals surface area contributed by atoms with Gasteiger partial charge in [-0.05, 0) is 25.8 Å². The molecule has 0 radical (unpaired) electrons. The lowest BCUT2D eigenvalue weighted by atomic mass is 10.2. The number of rotatable bonds is 6. The maximum absolute atomic E-state index is 12.7. The molecule has 0 fully saturated rings. The summed E-state index contributed by atoms with van der Waals surface area (Å²) in [6.07, 6.45) is -3.24. The van der Waals surface area contributed by atoms with Crippen LogP contribution in [0.2, 0.25) is 0 Å². The Kier molecular flexibility index (Phi) is 5.28. The monoisotopic (exact) mass is 379 g/mol. The number of nitrogens with zero attached hydrogens (tertiary/aromatic N) is 4. The van der Waals surface area contributed by atoms with Crippen LogP contribution in [0.1, 0.15) is 24.0 Å². The third-order valence-electron chi connectivity index (χ3n) is 3.86. The second-order valence-electron chi connectivity index (χ2n) is 6.03. The summed E-state index contributed by atoms with van der Waals surface area (Å²) in [6.45, 7) is 5.12. The Hall–Kier alpha value is -1.88. The summed E-state index contributed by atoms with van der Waals surface area (Å²) in [7, 11) is -2.09. The van der Waals surface area contributed by atoms with Gasteiger partial charge in [-0.25, -0.2) is 13.1 Å². The Bertz CT molecular complexity index is 854. The van der Waals surface area contributed by atoms with Gasteiger partial charge in [-0.3, -0.25) is 9.36 Å². The molecule has 11 heteroatoms. The summed E-state index contributed by atoms with van der Waals surface area (Å²) in [4.78, 5) is 0.0804. The topological polar surface area (TPSA) is 81.8 Å². The van der Waals surface area contributed by atoms with Crippen LogP contribution >= 0.6 is 0 Å². The highest BCUT2D eigenvalue weighted by molar-refractivity contribution is 7.89. The molecule has 7 nitrogen and oxygen atoms in total. The molecule has 1 N–H and O–H groups in total. The predicted octanol–water partition coefficient (Wildman–Crippen LogP) is 1.87. The number of sulfonamides is 1. The first-order valence-electron chi connectivity index (χ1n) is 7.51. The van der Waals surface area contributed by atoms with Gasteiger partial charge >= 0.3 is 6.18 Å². The second kappa shape index (κ2) is 6.79. The second-order valence-corrected chi connectivity index (χ2v) is 7.76. The standard InChI is InChI=1S/C14H20F3N5O2S/c1-9(8-22-10(2)5-13(20-22)14(15,16)17)6-19-25(23,24)12-7-18-21(4)11(12)3/h5,7,9,19H,6,8H2,1-4H3/t9-/m1/s1. The van der Waals surface area contributed by atoms with Crippen molar-refractivity contribution in [2.75, 3.05) is 6.54 Å². The molecule has 2 aromatic rings. The molecule has 2 rings (SSSR count). The quantitative estimate of drug-likeness (QED) is 0.831. The predicted molar refractivity (Wildman–Crippen MR) is 84.3 cm³/mol. The molecule has 0 aliphatic rings. The van der Waals surface area contributed by atoms with Crippen LogP contribution in [0.25, 0.3) is 0 Å². The molecule has 0 unspecified atom stereocenters. The van der Waals surface area contributed by atoms with E-state index in [1.54, 1.807) is 20.9 Å². The number of hydrogen-bond donors (Lipinski definition) is 1. The lowest BCUT2D eigenvalue weighted by Crippen LogP contribution is -2.30. The Morgan fingerprint density at radius 1 is 1.32 bits per heavy atom. The molecule has 25 heavy (non-hydrogen) atoms. The van der Waals surface area contributed by atoms with Crippen LogP contribution in [0, 0.1) is 19.8 Å². The van der Waals surface area contributed by atoms with Gasteiger partial charge in [0.25, 0.3) is 0 Å². The van der Waals surface area contributed by atoms with Gasteiger partial charge in [-0.15, -0.1) is 0 Å². The number of alkyl halides is 3. The van der Waals surface area contributed by atoms with Crippen molar-refractivity contribution in [1.29, 1.82) is 0 Å². The van der Waals surface area contributed by atoms with E-state index >= 15 is 0 Å². The first-order chi connectivity index (χ1) is 11.4. The van der Waals surface area contributed by atoms with Gasteiger partial charge < -0.3 is 0 Å². The minimum atomic E-state index is -4.50. The van der Waals surface area contributed by atoms with E-state index in [-0.39, 0.29) is 23.9 Å². The summed E-state index contributed by atoms with van der Waals surface area (Å²) in [5, 5.41) is 7.43. The smallest absolute Gasteiger partial charge is 0.272 e. The van der Waals surface area contributed by atoms with Crippen LogP contribution in [0.5, 0.6) is 0 Å². The van der Waals surface area contributed by atoms with Crippen molar-refractivity contribution < 1.29 is 21.6 Å². The zero-order valence-corrected chi connectivity index (χ0v) is 15.1. The zero-order chi connectivity index (χ0) is 19.0. The maximum atomic E-state index is 12.7. The molecular formula is C14H20F3N5O2S. The van der Waals surface area contributed by atoms with Crippen LogP contribution in [-0.4, -0.2) is 34.5 Å². The van der Waals surface area contributed by atoms with E-state index in [1.807, 2.05) is 0 Å². The fourth-order valence-corrected chi connectivity index (χ4v) is 3.63. The molecule has 2 aromatic heterocycles. The molecule has 0 aliphatic heterocycles. The molecule has 140 valence electrons. The summed E-state index contributed by atoms with van der Waals surface area (Å²) >= 11 is 0. The van der Waals surface area contributed by atoms with Crippen molar-refractivity contribution in [2.45, 2.75) is 38.4 Å². The average Bonchev–Trinajstić information content (AvgIpc) is 3.01. The number of aryl methyl sites for hydroxylation is 2. The Balaban J connectivity index is 2.03. The molecule has 0 spiro atoms. The average molecular weight is 379 g/mol. The summed E-state index contributed by atoms with van der Waals surface area (Å²) in [6, 6.07) is 0.968. The van der Waals surface area contributed by atoms with Gasteiger partial charge in [0.2, 0.25) is 10.0 Å². The van der Waals surface area contributed by atoms with Gasteiger partial charge in [0.05, 0.1) is 11.9 Å². The third kappa shape index (κ3) is 4.40. The van der Waals surface area contributed by atoms with Crippen molar-refractivity contribution in [1.82, 2.24) is 24.3 Å². The van der Waals surface area contributed by atoms with Gasteiger partial charge in [-0.1, -0.05) is 6.92 Å². The first-order valence-corrected chi connectivity index (χ1v) is 9.00. The van der Waals surface area contributed by atoms with E-state index in [9.17, 15) is 21.6 Å².